The first kappa shape index (κ1) is 21.8. The van der Waals surface area contributed by atoms with Gasteiger partial charge in [-0.15, -0.1) is 0 Å². The van der Waals surface area contributed by atoms with Gasteiger partial charge in [-0.05, 0) is 43.3 Å². The highest BCUT2D eigenvalue weighted by Gasteiger charge is 2.26. The van der Waals surface area contributed by atoms with Gasteiger partial charge in [-0.1, -0.05) is 36.4 Å². The summed E-state index contributed by atoms with van der Waals surface area (Å²) in [5.41, 5.74) is 1.31. The van der Waals surface area contributed by atoms with E-state index in [4.69, 9.17) is 0 Å². The Labute approximate surface area is 189 Å². The zero-order chi connectivity index (χ0) is 22.6. The van der Waals surface area contributed by atoms with E-state index in [9.17, 15) is 13.2 Å². The molecule has 32 heavy (non-hydrogen) atoms. The van der Waals surface area contributed by atoms with E-state index in [-0.39, 0.29) is 10.8 Å². The highest BCUT2D eigenvalue weighted by molar-refractivity contribution is 7.92. The van der Waals surface area contributed by atoms with Crippen LogP contribution >= 0.6 is 0 Å². The number of aromatic nitrogens is 1. The lowest BCUT2D eigenvalue weighted by Gasteiger charge is -2.35. The minimum absolute atomic E-state index is 0.0280. The molecule has 1 aliphatic heterocycles. The van der Waals surface area contributed by atoms with Gasteiger partial charge >= 0.3 is 0 Å². The van der Waals surface area contributed by atoms with Crippen molar-refractivity contribution >= 4 is 27.4 Å². The number of carbonyl (C=O) groups is 1. The van der Waals surface area contributed by atoms with Crippen molar-refractivity contribution < 1.29 is 13.2 Å². The molecule has 0 N–H and O–H groups in total. The predicted octanol–water partition coefficient (Wildman–Crippen LogP) is 3.26. The summed E-state index contributed by atoms with van der Waals surface area (Å²) in [4.78, 5) is 21.1. The van der Waals surface area contributed by atoms with E-state index < -0.39 is 10.0 Å². The molecule has 166 valence electrons. The van der Waals surface area contributed by atoms with E-state index in [1.165, 1.54) is 10.5 Å². The molecular weight excluding hydrogens is 424 g/mol. The second-order valence-corrected chi connectivity index (χ2v) is 9.37. The lowest BCUT2D eigenvalue weighted by molar-refractivity contribution is 0.0746. The van der Waals surface area contributed by atoms with Crippen molar-refractivity contribution in [3.63, 3.8) is 0 Å². The first-order chi connectivity index (χ1) is 15.5. The lowest BCUT2D eigenvalue weighted by Crippen LogP contribution is -2.49. The Kier molecular flexibility index (Phi) is 6.41. The van der Waals surface area contributed by atoms with E-state index in [1.807, 2.05) is 60.4 Å². The standard InChI is InChI=1S/C24H26N4O3S/c1-2-28(21-11-7-4-8-12-21)32(30,31)22-13-14-23(25-19-22)26-15-17-27(18-16-26)24(29)20-9-5-3-6-10-20/h3-14,19H,2,15-18H2,1H3. The summed E-state index contributed by atoms with van der Waals surface area (Å²) >= 11 is 0. The van der Waals surface area contributed by atoms with Gasteiger partial charge in [-0.3, -0.25) is 9.10 Å². The van der Waals surface area contributed by atoms with Crippen LogP contribution in [0.4, 0.5) is 11.5 Å². The Morgan fingerprint density at radius 1 is 0.906 bits per heavy atom. The quantitative estimate of drug-likeness (QED) is 0.576. The molecule has 0 spiro atoms. The van der Waals surface area contributed by atoms with Crippen molar-refractivity contribution in [1.82, 2.24) is 9.88 Å². The largest absolute Gasteiger partial charge is 0.353 e. The topological polar surface area (TPSA) is 73.8 Å². The fraction of sp³-hybridized carbons (Fsp3) is 0.250. The van der Waals surface area contributed by atoms with Crippen molar-refractivity contribution in [2.75, 3.05) is 41.9 Å². The van der Waals surface area contributed by atoms with Crippen molar-refractivity contribution in [3.05, 3.63) is 84.6 Å². The molecule has 1 aliphatic rings. The molecule has 1 fully saturated rings. The summed E-state index contributed by atoms with van der Waals surface area (Å²) in [6.45, 7) is 4.60. The Hall–Kier alpha value is -3.39. The molecule has 7 nitrogen and oxygen atoms in total. The van der Waals surface area contributed by atoms with Crippen LogP contribution in [0.5, 0.6) is 0 Å². The maximum Gasteiger partial charge on any atom is 0.265 e. The fourth-order valence-electron chi connectivity index (χ4n) is 3.83. The molecule has 0 aliphatic carbocycles. The minimum atomic E-state index is -3.70. The number of piperazine rings is 1. The molecule has 4 rings (SSSR count). The molecule has 0 saturated carbocycles. The van der Waals surface area contributed by atoms with Gasteiger partial charge in [-0.25, -0.2) is 13.4 Å². The van der Waals surface area contributed by atoms with E-state index in [0.717, 1.165) is 0 Å². The zero-order valence-corrected chi connectivity index (χ0v) is 18.8. The average molecular weight is 451 g/mol. The molecule has 0 unspecified atom stereocenters. The van der Waals surface area contributed by atoms with Crippen LogP contribution in [-0.2, 0) is 10.0 Å². The summed E-state index contributed by atoms with van der Waals surface area (Å²) in [7, 11) is -3.70. The third-order valence-electron chi connectivity index (χ3n) is 5.55. The summed E-state index contributed by atoms with van der Waals surface area (Å²) in [6, 6.07) is 21.6. The van der Waals surface area contributed by atoms with Gasteiger partial charge in [0, 0.05) is 44.5 Å². The Balaban J connectivity index is 1.44. The van der Waals surface area contributed by atoms with Crippen LogP contribution < -0.4 is 9.21 Å². The number of benzene rings is 2. The Morgan fingerprint density at radius 2 is 1.53 bits per heavy atom. The van der Waals surface area contributed by atoms with Crippen molar-refractivity contribution in [3.8, 4) is 0 Å². The number of rotatable bonds is 6. The molecule has 0 atom stereocenters. The number of sulfonamides is 1. The van der Waals surface area contributed by atoms with Crippen LogP contribution in [0.3, 0.4) is 0 Å². The molecule has 3 aromatic rings. The third kappa shape index (κ3) is 4.45. The summed E-state index contributed by atoms with van der Waals surface area (Å²) in [5.74, 6) is 0.735. The van der Waals surface area contributed by atoms with E-state index in [2.05, 4.69) is 9.88 Å². The van der Waals surface area contributed by atoms with Crippen LogP contribution in [0.2, 0.25) is 0 Å². The molecule has 1 saturated heterocycles. The van der Waals surface area contributed by atoms with Gasteiger partial charge in [0.05, 0.1) is 5.69 Å². The average Bonchev–Trinajstić information content (AvgIpc) is 2.85. The van der Waals surface area contributed by atoms with Gasteiger partial charge < -0.3 is 9.80 Å². The zero-order valence-electron chi connectivity index (χ0n) is 18.0. The number of hydrogen-bond acceptors (Lipinski definition) is 5. The smallest absolute Gasteiger partial charge is 0.265 e. The van der Waals surface area contributed by atoms with Crippen LogP contribution in [0, 0.1) is 0 Å². The Bertz CT molecular complexity index is 1140. The monoisotopic (exact) mass is 450 g/mol. The number of nitrogens with zero attached hydrogens (tertiary/aromatic N) is 4. The highest BCUT2D eigenvalue weighted by Crippen LogP contribution is 2.24. The van der Waals surface area contributed by atoms with Crippen molar-refractivity contribution in [2.45, 2.75) is 11.8 Å². The van der Waals surface area contributed by atoms with Crippen LogP contribution in [0.15, 0.2) is 83.9 Å². The van der Waals surface area contributed by atoms with E-state index >= 15 is 0 Å². The predicted molar refractivity (Wildman–Crippen MR) is 125 cm³/mol. The van der Waals surface area contributed by atoms with E-state index in [0.29, 0.717) is 49.8 Å². The minimum Gasteiger partial charge on any atom is -0.353 e. The summed E-state index contributed by atoms with van der Waals surface area (Å²) in [5, 5.41) is 0. The van der Waals surface area contributed by atoms with Crippen molar-refractivity contribution in [2.24, 2.45) is 0 Å². The van der Waals surface area contributed by atoms with Gasteiger partial charge in [0.1, 0.15) is 10.7 Å². The normalized spacial score (nSPS) is 14.3. The third-order valence-corrected chi connectivity index (χ3v) is 7.44. The number of pyridine rings is 1. The first-order valence-corrected chi connectivity index (χ1v) is 12.1. The number of anilines is 2. The Morgan fingerprint density at radius 3 is 2.09 bits per heavy atom. The second-order valence-electron chi connectivity index (χ2n) is 7.50. The number of carbonyl (C=O) groups excluding carboxylic acids is 1. The van der Waals surface area contributed by atoms with Crippen LogP contribution in [0.1, 0.15) is 17.3 Å². The molecular formula is C24H26N4O3S. The van der Waals surface area contributed by atoms with Crippen LogP contribution in [-0.4, -0.2) is 56.9 Å². The summed E-state index contributed by atoms with van der Waals surface area (Å²) in [6.07, 6.45) is 1.41. The molecule has 2 aromatic carbocycles. The molecule has 0 bridgehead atoms. The molecule has 1 amide bonds. The van der Waals surface area contributed by atoms with Gasteiger partial charge in [0.2, 0.25) is 0 Å². The summed E-state index contributed by atoms with van der Waals surface area (Å²) < 4.78 is 27.6. The van der Waals surface area contributed by atoms with Gasteiger partial charge in [-0.2, -0.15) is 0 Å². The lowest BCUT2D eigenvalue weighted by atomic mass is 10.2. The number of amides is 1. The second kappa shape index (κ2) is 9.40. The number of hydrogen-bond donors (Lipinski definition) is 0. The number of para-hydroxylation sites is 1. The maximum absolute atomic E-state index is 13.1. The molecule has 0 radical (unpaired) electrons. The molecule has 8 heteroatoms. The van der Waals surface area contributed by atoms with Gasteiger partial charge in [0.25, 0.3) is 15.9 Å². The first-order valence-electron chi connectivity index (χ1n) is 10.6. The molecule has 1 aromatic heterocycles. The SMILES string of the molecule is CCN(c1ccccc1)S(=O)(=O)c1ccc(N2CCN(C(=O)c3ccccc3)CC2)nc1. The fourth-order valence-corrected chi connectivity index (χ4v) is 5.25. The maximum atomic E-state index is 13.1. The van der Waals surface area contributed by atoms with Crippen molar-refractivity contribution in [1.29, 1.82) is 0 Å². The van der Waals surface area contributed by atoms with E-state index in [1.54, 1.807) is 24.3 Å². The van der Waals surface area contributed by atoms with Gasteiger partial charge in [0.15, 0.2) is 0 Å². The highest BCUT2D eigenvalue weighted by atomic mass is 32.2. The van der Waals surface area contributed by atoms with Crippen LogP contribution in [0.25, 0.3) is 0 Å². The molecule has 2 heterocycles.